The molecule has 6 heteroatoms. The van der Waals surface area contributed by atoms with Gasteiger partial charge in [0, 0.05) is 5.02 Å². The highest BCUT2D eigenvalue weighted by Gasteiger charge is 2.13. The van der Waals surface area contributed by atoms with E-state index in [0.717, 1.165) is 0 Å². The number of ether oxygens (including phenoxy) is 1. The summed E-state index contributed by atoms with van der Waals surface area (Å²) in [6, 6.07) is 4.85. The molecular weight excluding hydrogens is 262 g/mol. The summed E-state index contributed by atoms with van der Waals surface area (Å²) in [6.07, 6.45) is 0.555. The zero-order valence-electron chi connectivity index (χ0n) is 9.86. The van der Waals surface area contributed by atoms with E-state index in [0.29, 0.717) is 29.5 Å². The molecule has 0 saturated carbocycles. The van der Waals surface area contributed by atoms with Gasteiger partial charge in [-0.25, -0.2) is 8.42 Å². The minimum Gasteiger partial charge on any atom is -0.492 e. The van der Waals surface area contributed by atoms with Gasteiger partial charge >= 0.3 is 0 Å². The van der Waals surface area contributed by atoms with Crippen LogP contribution in [-0.2, 0) is 10.0 Å². The first-order chi connectivity index (χ1) is 7.98. The molecule has 0 radical (unpaired) electrons. The van der Waals surface area contributed by atoms with Crippen LogP contribution in [0, 0.1) is 0 Å². The maximum atomic E-state index is 11.7. The van der Waals surface area contributed by atoms with Crippen LogP contribution in [0.2, 0.25) is 5.02 Å². The summed E-state index contributed by atoms with van der Waals surface area (Å²) in [4.78, 5) is 0. The normalized spacial score (nSPS) is 11.2. The van der Waals surface area contributed by atoms with Gasteiger partial charge in [0.1, 0.15) is 5.75 Å². The Morgan fingerprint density at radius 1 is 1.35 bits per heavy atom. The van der Waals surface area contributed by atoms with E-state index in [9.17, 15) is 8.42 Å². The predicted molar refractivity (Wildman–Crippen MR) is 70.3 cm³/mol. The van der Waals surface area contributed by atoms with E-state index in [1.807, 2.05) is 6.92 Å². The number of nitrogens with one attached hydrogen (secondary N) is 1. The lowest BCUT2D eigenvalue weighted by Crippen LogP contribution is -2.16. The van der Waals surface area contributed by atoms with E-state index in [4.69, 9.17) is 16.3 Å². The minimum absolute atomic E-state index is 0.0745. The first-order valence-corrected chi connectivity index (χ1v) is 7.44. The summed E-state index contributed by atoms with van der Waals surface area (Å²) in [5.74, 6) is 0.557. The summed E-state index contributed by atoms with van der Waals surface area (Å²) in [6.45, 7) is 4.10. The van der Waals surface area contributed by atoms with Gasteiger partial charge in [-0.2, -0.15) is 0 Å². The fraction of sp³-hybridized carbons (Fsp3) is 0.455. The Morgan fingerprint density at radius 3 is 2.65 bits per heavy atom. The smallest absolute Gasteiger partial charge is 0.232 e. The van der Waals surface area contributed by atoms with Crippen molar-refractivity contribution in [2.75, 3.05) is 17.1 Å². The van der Waals surface area contributed by atoms with Crippen molar-refractivity contribution in [1.29, 1.82) is 0 Å². The average molecular weight is 278 g/mol. The summed E-state index contributed by atoms with van der Waals surface area (Å²) >= 11 is 5.83. The highest BCUT2D eigenvalue weighted by Crippen LogP contribution is 2.28. The van der Waals surface area contributed by atoms with Gasteiger partial charge in [0.15, 0.2) is 0 Å². The van der Waals surface area contributed by atoms with Crippen molar-refractivity contribution in [3.63, 3.8) is 0 Å². The van der Waals surface area contributed by atoms with Crippen LogP contribution in [0.5, 0.6) is 5.75 Å². The number of anilines is 1. The molecule has 0 aliphatic heterocycles. The Kier molecular flexibility index (Phi) is 5.08. The molecule has 17 heavy (non-hydrogen) atoms. The molecule has 1 aromatic rings. The summed E-state index contributed by atoms with van der Waals surface area (Å²) in [5, 5.41) is 0.461. The number of halogens is 1. The quantitative estimate of drug-likeness (QED) is 0.870. The fourth-order valence-electron chi connectivity index (χ4n) is 1.35. The van der Waals surface area contributed by atoms with Gasteiger partial charge in [-0.15, -0.1) is 0 Å². The molecule has 4 nitrogen and oxygen atoms in total. The van der Waals surface area contributed by atoms with Crippen molar-refractivity contribution >= 4 is 27.3 Å². The molecule has 0 aliphatic carbocycles. The van der Waals surface area contributed by atoms with Crippen LogP contribution in [-0.4, -0.2) is 20.8 Å². The van der Waals surface area contributed by atoms with Crippen LogP contribution >= 0.6 is 11.6 Å². The minimum atomic E-state index is -3.33. The number of rotatable bonds is 6. The van der Waals surface area contributed by atoms with E-state index in [-0.39, 0.29) is 5.75 Å². The Labute approximate surface area is 107 Å². The fourth-order valence-corrected chi connectivity index (χ4v) is 2.66. The summed E-state index contributed by atoms with van der Waals surface area (Å²) in [5.41, 5.74) is 0.382. The van der Waals surface area contributed by atoms with E-state index in [1.165, 1.54) is 0 Å². The molecule has 1 N–H and O–H groups in total. The van der Waals surface area contributed by atoms with Crippen LogP contribution in [0.15, 0.2) is 18.2 Å². The van der Waals surface area contributed by atoms with E-state index >= 15 is 0 Å². The largest absolute Gasteiger partial charge is 0.492 e. The number of sulfonamides is 1. The zero-order chi connectivity index (χ0) is 12.9. The Bertz CT molecular complexity index is 474. The second-order valence-electron chi connectivity index (χ2n) is 3.49. The van der Waals surface area contributed by atoms with Gasteiger partial charge < -0.3 is 4.74 Å². The molecule has 0 bridgehead atoms. The molecule has 1 rings (SSSR count). The van der Waals surface area contributed by atoms with Crippen molar-refractivity contribution in [2.24, 2.45) is 0 Å². The molecule has 0 aromatic heterocycles. The van der Waals surface area contributed by atoms with Crippen LogP contribution in [0.3, 0.4) is 0 Å². The lowest BCUT2D eigenvalue weighted by molar-refractivity contribution is 0.342. The maximum Gasteiger partial charge on any atom is 0.232 e. The monoisotopic (exact) mass is 277 g/mol. The van der Waals surface area contributed by atoms with Crippen LogP contribution < -0.4 is 9.46 Å². The van der Waals surface area contributed by atoms with Crippen LogP contribution in [0.1, 0.15) is 20.3 Å². The van der Waals surface area contributed by atoms with Gasteiger partial charge in [-0.1, -0.05) is 18.5 Å². The van der Waals surface area contributed by atoms with Gasteiger partial charge in [0.2, 0.25) is 10.0 Å². The molecule has 0 aliphatic rings. The number of hydrogen-bond acceptors (Lipinski definition) is 3. The third kappa shape index (κ3) is 4.44. The van der Waals surface area contributed by atoms with Crippen LogP contribution in [0.25, 0.3) is 0 Å². The molecule has 96 valence electrons. The molecule has 0 amide bonds. The van der Waals surface area contributed by atoms with E-state index < -0.39 is 10.0 Å². The van der Waals surface area contributed by atoms with Crippen molar-refractivity contribution in [1.82, 2.24) is 0 Å². The molecule has 0 fully saturated rings. The molecule has 0 heterocycles. The topological polar surface area (TPSA) is 55.4 Å². The second-order valence-corrected chi connectivity index (χ2v) is 5.77. The van der Waals surface area contributed by atoms with Gasteiger partial charge in [0.25, 0.3) is 0 Å². The van der Waals surface area contributed by atoms with E-state index in [1.54, 1.807) is 25.1 Å². The van der Waals surface area contributed by atoms with Gasteiger partial charge in [-0.05, 0) is 31.5 Å². The molecule has 0 spiro atoms. The standard InChI is InChI=1S/C11H16ClNO3S/c1-3-7-17(14,15)13-10-8-9(12)5-6-11(10)16-4-2/h5-6,8,13H,3-4,7H2,1-2H3. The SMILES string of the molecule is CCCS(=O)(=O)Nc1cc(Cl)ccc1OCC. The first-order valence-electron chi connectivity index (χ1n) is 5.41. The van der Waals surface area contributed by atoms with Crippen molar-refractivity contribution in [3.8, 4) is 5.75 Å². The highest BCUT2D eigenvalue weighted by molar-refractivity contribution is 7.92. The lowest BCUT2D eigenvalue weighted by Gasteiger charge is -2.12. The third-order valence-electron chi connectivity index (χ3n) is 1.98. The number of hydrogen-bond donors (Lipinski definition) is 1. The van der Waals surface area contributed by atoms with E-state index in [2.05, 4.69) is 4.72 Å². The number of benzene rings is 1. The molecule has 0 saturated heterocycles. The second kappa shape index (κ2) is 6.12. The lowest BCUT2D eigenvalue weighted by atomic mass is 10.3. The summed E-state index contributed by atoms with van der Waals surface area (Å²) < 4.78 is 31.1. The van der Waals surface area contributed by atoms with Crippen molar-refractivity contribution < 1.29 is 13.2 Å². The summed E-state index contributed by atoms with van der Waals surface area (Å²) in [7, 11) is -3.33. The molecule has 0 atom stereocenters. The zero-order valence-corrected chi connectivity index (χ0v) is 11.4. The van der Waals surface area contributed by atoms with Crippen LogP contribution in [0.4, 0.5) is 5.69 Å². The molecule has 1 aromatic carbocycles. The van der Waals surface area contributed by atoms with Crippen molar-refractivity contribution in [3.05, 3.63) is 23.2 Å². The first kappa shape index (κ1) is 14.1. The Morgan fingerprint density at radius 2 is 2.06 bits per heavy atom. The Hall–Kier alpha value is -0.940. The van der Waals surface area contributed by atoms with Gasteiger partial charge in [0.05, 0.1) is 18.0 Å². The third-order valence-corrected chi connectivity index (χ3v) is 3.69. The molecular formula is C11H16ClNO3S. The average Bonchev–Trinajstić information content (AvgIpc) is 2.21. The highest BCUT2D eigenvalue weighted by atomic mass is 35.5. The molecule has 0 unspecified atom stereocenters. The van der Waals surface area contributed by atoms with Crippen molar-refractivity contribution in [2.45, 2.75) is 20.3 Å². The maximum absolute atomic E-state index is 11.7. The predicted octanol–water partition coefficient (Wildman–Crippen LogP) is 2.89. The van der Waals surface area contributed by atoms with Gasteiger partial charge in [-0.3, -0.25) is 4.72 Å². The Balaban J connectivity index is 2.99.